The van der Waals surface area contributed by atoms with Gasteiger partial charge in [-0.1, -0.05) is 6.92 Å². The van der Waals surface area contributed by atoms with Gasteiger partial charge in [0.05, 0.1) is 5.69 Å². The molecule has 1 aromatic rings. The molecular formula is C13H18N4O3. The molecule has 0 aliphatic carbocycles. The lowest BCUT2D eigenvalue weighted by molar-refractivity contribution is -0.138. The van der Waals surface area contributed by atoms with Crippen LogP contribution in [0.2, 0.25) is 0 Å². The number of aromatic nitrogens is 1. The number of nitrogens with one attached hydrogen (secondary N) is 1. The third-order valence-electron chi connectivity index (χ3n) is 3.29. The van der Waals surface area contributed by atoms with Crippen molar-refractivity contribution in [2.45, 2.75) is 32.9 Å². The van der Waals surface area contributed by atoms with Crippen LogP contribution in [0.1, 0.15) is 30.8 Å². The van der Waals surface area contributed by atoms with Gasteiger partial charge in [-0.15, -0.1) is 0 Å². The number of amides is 3. The number of hydrogen-bond acceptors (Lipinski definition) is 4. The first kappa shape index (κ1) is 14.1. The fourth-order valence-electron chi connectivity index (χ4n) is 2.25. The number of imide groups is 1. The van der Waals surface area contributed by atoms with Gasteiger partial charge in [0.25, 0.3) is 5.91 Å². The summed E-state index contributed by atoms with van der Waals surface area (Å²) in [5.74, 6) is -1.29. The van der Waals surface area contributed by atoms with Crippen LogP contribution in [0.25, 0.3) is 0 Å². The molecule has 0 aromatic carbocycles. The molecule has 1 saturated heterocycles. The predicted octanol–water partition coefficient (Wildman–Crippen LogP) is -0.0326. The minimum absolute atomic E-state index is 0.122. The highest BCUT2D eigenvalue weighted by molar-refractivity contribution is 6.06. The monoisotopic (exact) mass is 278 g/mol. The summed E-state index contributed by atoms with van der Waals surface area (Å²) in [6.45, 7) is 4.12. The van der Waals surface area contributed by atoms with Crippen LogP contribution in [0.3, 0.4) is 0 Å². The van der Waals surface area contributed by atoms with Crippen molar-refractivity contribution in [1.29, 1.82) is 0 Å². The van der Waals surface area contributed by atoms with Crippen molar-refractivity contribution < 1.29 is 14.4 Å². The standard InChI is InChI=1S/C13H18N4O3/c1-3-4-16-6-9(14)5-10(16)13(20)17-7-11(18)15-12(19)8(17)2/h5-6,8H,3-4,7,14H2,1-2H3,(H,15,18,19). The second-order valence-electron chi connectivity index (χ2n) is 4.87. The van der Waals surface area contributed by atoms with Crippen molar-refractivity contribution >= 4 is 23.4 Å². The Morgan fingerprint density at radius 1 is 1.50 bits per heavy atom. The molecule has 0 spiro atoms. The molecule has 0 bridgehead atoms. The van der Waals surface area contributed by atoms with Crippen LogP contribution in [-0.4, -0.2) is 39.8 Å². The van der Waals surface area contributed by atoms with Gasteiger partial charge in [-0.3, -0.25) is 19.7 Å². The number of anilines is 1. The van der Waals surface area contributed by atoms with Crippen LogP contribution < -0.4 is 11.1 Å². The third-order valence-corrected chi connectivity index (χ3v) is 3.29. The van der Waals surface area contributed by atoms with Crippen LogP contribution in [-0.2, 0) is 16.1 Å². The zero-order valence-electron chi connectivity index (χ0n) is 11.5. The van der Waals surface area contributed by atoms with Gasteiger partial charge in [-0.25, -0.2) is 0 Å². The number of nitrogen functional groups attached to an aromatic ring is 1. The second kappa shape index (κ2) is 5.36. The van der Waals surface area contributed by atoms with E-state index in [2.05, 4.69) is 5.32 Å². The average molecular weight is 278 g/mol. The van der Waals surface area contributed by atoms with E-state index in [1.165, 1.54) is 4.90 Å². The Morgan fingerprint density at radius 3 is 2.85 bits per heavy atom. The van der Waals surface area contributed by atoms with Gasteiger partial charge < -0.3 is 15.2 Å². The van der Waals surface area contributed by atoms with E-state index in [-0.39, 0.29) is 12.5 Å². The molecule has 2 heterocycles. The van der Waals surface area contributed by atoms with Crippen molar-refractivity contribution in [3.63, 3.8) is 0 Å². The summed E-state index contributed by atoms with van der Waals surface area (Å²) in [7, 11) is 0. The quantitative estimate of drug-likeness (QED) is 0.758. The fraction of sp³-hybridized carbons (Fsp3) is 0.462. The van der Waals surface area contributed by atoms with Crippen LogP contribution >= 0.6 is 0 Å². The van der Waals surface area contributed by atoms with E-state index in [1.54, 1.807) is 23.8 Å². The molecule has 1 aliphatic rings. The second-order valence-corrected chi connectivity index (χ2v) is 4.87. The van der Waals surface area contributed by atoms with Crippen LogP contribution in [0.4, 0.5) is 5.69 Å². The molecule has 1 aromatic heterocycles. The van der Waals surface area contributed by atoms with Crippen molar-refractivity contribution in [3.05, 3.63) is 18.0 Å². The molecule has 3 N–H and O–H groups in total. The number of nitrogens with zero attached hydrogens (tertiary/aromatic N) is 2. The van der Waals surface area contributed by atoms with E-state index >= 15 is 0 Å². The lowest BCUT2D eigenvalue weighted by atomic mass is 10.2. The molecule has 0 saturated carbocycles. The summed E-state index contributed by atoms with van der Waals surface area (Å²) in [6, 6.07) is 0.897. The number of nitrogens with two attached hydrogens (primary N) is 1. The molecule has 7 nitrogen and oxygen atoms in total. The lowest BCUT2D eigenvalue weighted by Crippen LogP contribution is -2.58. The zero-order valence-corrected chi connectivity index (χ0v) is 11.5. The Morgan fingerprint density at radius 2 is 2.20 bits per heavy atom. The molecule has 1 atom stereocenters. The minimum Gasteiger partial charge on any atom is -0.397 e. The Balaban J connectivity index is 2.30. The molecule has 1 unspecified atom stereocenters. The van der Waals surface area contributed by atoms with Crippen LogP contribution in [0.15, 0.2) is 12.3 Å². The van der Waals surface area contributed by atoms with Crippen molar-refractivity contribution in [1.82, 2.24) is 14.8 Å². The molecule has 20 heavy (non-hydrogen) atoms. The first-order chi connectivity index (χ1) is 9.43. The molecule has 1 fully saturated rings. The van der Waals surface area contributed by atoms with Gasteiger partial charge in [-0.05, 0) is 19.4 Å². The van der Waals surface area contributed by atoms with E-state index in [9.17, 15) is 14.4 Å². The summed E-state index contributed by atoms with van der Waals surface area (Å²) in [5, 5.41) is 2.21. The smallest absolute Gasteiger partial charge is 0.271 e. The van der Waals surface area contributed by atoms with Gasteiger partial charge in [0.15, 0.2) is 0 Å². The van der Waals surface area contributed by atoms with Crippen molar-refractivity contribution in [3.8, 4) is 0 Å². The maximum Gasteiger partial charge on any atom is 0.271 e. The number of rotatable bonds is 3. The van der Waals surface area contributed by atoms with Gasteiger partial charge in [0.1, 0.15) is 18.3 Å². The summed E-state index contributed by atoms with van der Waals surface area (Å²) in [5.41, 5.74) is 6.62. The summed E-state index contributed by atoms with van der Waals surface area (Å²) in [4.78, 5) is 36.8. The Hall–Kier alpha value is -2.31. The maximum absolute atomic E-state index is 12.5. The largest absolute Gasteiger partial charge is 0.397 e. The predicted molar refractivity (Wildman–Crippen MR) is 72.8 cm³/mol. The first-order valence-corrected chi connectivity index (χ1v) is 6.54. The molecule has 0 radical (unpaired) electrons. The van der Waals surface area contributed by atoms with Gasteiger partial charge in [0, 0.05) is 12.7 Å². The highest BCUT2D eigenvalue weighted by Crippen LogP contribution is 2.16. The Labute approximate surface area is 116 Å². The molecule has 108 valence electrons. The third kappa shape index (κ3) is 2.52. The number of aryl methyl sites for hydroxylation is 1. The molecular weight excluding hydrogens is 260 g/mol. The van der Waals surface area contributed by atoms with Gasteiger partial charge in [0.2, 0.25) is 11.8 Å². The number of piperazine rings is 1. The SMILES string of the molecule is CCCn1cc(N)cc1C(=O)N1CC(=O)NC(=O)C1C. The van der Waals surface area contributed by atoms with E-state index in [4.69, 9.17) is 5.73 Å². The van der Waals surface area contributed by atoms with Gasteiger partial charge in [-0.2, -0.15) is 0 Å². The molecule has 7 heteroatoms. The molecule has 3 amide bonds. The maximum atomic E-state index is 12.5. The first-order valence-electron chi connectivity index (χ1n) is 6.54. The number of carbonyl (C=O) groups excluding carboxylic acids is 3. The van der Waals surface area contributed by atoms with E-state index in [0.29, 0.717) is 17.9 Å². The highest BCUT2D eigenvalue weighted by Gasteiger charge is 2.35. The fourth-order valence-corrected chi connectivity index (χ4v) is 2.25. The van der Waals surface area contributed by atoms with Crippen molar-refractivity contribution in [2.75, 3.05) is 12.3 Å². The zero-order chi connectivity index (χ0) is 14.9. The number of carbonyl (C=O) groups is 3. The normalized spacial score (nSPS) is 19.1. The molecule has 2 rings (SSSR count). The topological polar surface area (TPSA) is 97.4 Å². The highest BCUT2D eigenvalue weighted by atomic mass is 16.2. The minimum atomic E-state index is -0.675. The van der Waals surface area contributed by atoms with E-state index in [0.717, 1.165) is 6.42 Å². The van der Waals surface area contributed by atoms with Gasteiger partial charge >= 0.3 is 0 Å². The Kier molecular flexibility index (Phi) is 3.78. The Bertz CT molecular complexity index is 564. The molecule has 1 aliphatic heterocycles. The van der Waals surface area contributed by atoms with Crippen LogP contribution in [0.5, 0.6) is 0 Å². The van der Waals surface area contributed by atoms with E-state index in [1.807, 2.05) is 6.92 Å². The summed E-state index contributed by atoms with van der Waals surface area (Å²) in [6.07, 6.45) is 2.54. The summed E-state index contributed by atoms with van der Waals surface area (Å²) >= 11 is 0. The number of hydrogen-bond donors (Lipinski definition) is 2. The lowest BCUT2D eigenvalue weighted by Gasteiger charge is -2.31. The average Bonchev–Trinajstić information content (AvgIpc) is 2.74. The van der Waals surface area contributed by atoms with E-state index < -0.39 is 17.9 Å². The summed E-state index contributed by atoms with van der Waals surface area (Å²) < 4.78 is 1.75. The van der Waals surface area contributed by atoms with Crippen molar-refractivity contribution in [2.24, 2.45) is 0 Å². The van der Waals surface area contributed by atoms with Crippen LogP contribution in [0, 0.1) is 0 Å².